The molecule has 0 aromatic heterocycles. The van der Waals surface area contributed by atoms with Crippen molar-refractivity contribution < 1.29 is 19.1 Å². The minimum absolute atomic E-state index is 0.351. The highest BCUT2D eigenvalue weighted by Gasteiger charge is 2.19. The number of hydrogen-bond acceptors (Lipinski definition) is 5. The first-order valence-corrected chi connectivity index (χ1v) is 9.17. The molecule has 2 N–H and O–H groups in total. The van der Waals surface area contributed by atoms with Crippen LogP contribution in [-0.4, -0.2) is 37.0 Å². The molecule has 0 aliphatic carbocycles. The minimum atomic E-state index is -1.06. The highest BCUT2D eigenvalue weighted by Crippen LogP contribution is 2.15. The van der Waals surface area contributed by atoms with Gasteiger partial charge in [-0.15, -0.1) is 0 Å². The summed E-state index contributed by atoms with van der Waals surface area (Å²) in [4.78, 5) is 38.4. The lowest BCUT2D eigenvalue weighted by Gasteiger charge is -2.21. The molecule has 0 aliphatic heterocycles. The number of hydrogen-bond donors (Lipinski definition) is 2. The van der Waals surface area contributed by atoms with E-state index in [2.05, 4.69) is 29.6 Å². The van der Waals surface area contributed by atoms with Crippen LogP contribution in [0.2, 0.25) is 0 Å². The van der Waals surface area contributed by atoms with E-state index in [1.807, 2.05) is 12.1 Å². The van der Waals surface area contributed by atoms with E-state index in [0.717, 1.165) is 18.8 Å². The normalized spacial score (nSPS) is 11.2. The monoisotopic (exact) mass is 383 g/mol. The average molecular weight is 383 g/mol. The van der Waals surface area contributed by atoms with Gasteiger partial charge in [0.15, 0.2) is 6.10 Å². The zero-order valence-electron chi connectivity index (χ0n) is 16.3. The van der Waals surface area contributed by atoms with Crippen molar-refractivity contribution in [2.45, 2.75) is 26.9 Å². The van der Waals surface area contributed by atoms with E-state index in [1.54, 1.807) is 42.5 Å². The lowest BCUT2D eigenvalue weighted by molar-refractivity contribution is -0.129. The van der Waals surface area contributed by atoms with Crippen molar-refractivity contribution in [1.29, 1.82) is 0 Å². The Kier molecular flexibility index (Phi) is 7.56. The Hall–Kier alpha value is -3.35. The van der Waals surface area contributed by atoms with Crippen LogP contribution >= 0.6 is 0 Å². The molecule has 7 nitrogen and oxygen atoms in total. The van der Waals surface area contributed by atoms with E-state index in [9.17, 15) is 14.4 Å². The molecule has 0 radical (unpaired) electrons. The van der Waals surface area contributed by atoms with Crippen LogP contribution in [0.5, 0.6) is 0 Å². The second-order valence-electron chi connectivity index (χ2n) is 6.08. The van der Waals surface area contributed by atoms with E-state index in [4.69, 9.17) is 4.74 Å². The molecule has 0 bridgehead atoms. The van der Waals surface area contributed by atoms with E-state index < -0.39 is 23.9 Å². The lowest BCUT2D eigenvalue weighted by Crippen LogP contribution is -2.46. The van der Waals surface area contributed by atoms with Crippen LogP contribution in [-0.2, 0) is 9.53 Å². The van der Waals surface area contributed by atoms with Gasteiger partial charge in [-0.25, -0.2) is 4.79 Å². The second-order valence-corrected chi connectivity index (χ2v) is 6.08. The van der Waals surface area contributed by atoms with Gasteiger partial charge in [0.05, 0.1) is 5.56 Å². The Balaban J connectivity index is 1.87. The number of hydrazine groups is 1. The predicted octanol–water partition coefficient (Wildman–Crippen LogP) is 2.54. The van der Waals surface area contributed by atoms with Crippen LogP contribution in [0.1, 0.15) is 41.5 Å². The number of anilines is 1. The maximum absolute atomic E-state index is 12.2. The summed E-state index contributed by atoms with van der Waals surface area (Å²) >= 11 is 0. The van der Waals surface area contributed by atoms with Gasteiger partial charge in [0.25, 0.3) is 11.8 Å². The number of rotatable bonds is 7. The SMILES string of the molecule is CCN(CC)c1ccc(C(=O)O[C@H](C)C(=O)NNC(=O)c2ccccc2)cc1. The van der Waals surface area contributed by atoms with Gasteiger partial charge in [-0.2, -0.15) is 0 Å². The molecule has 2 aromatic carbocycles. The van der Waals surface area contributed by atoms with Gasteiger partial charge in [0.1, 0.15) is 0 Å². The fourth-order valence-corrected chi connectivity index (χ4v) is 2.56. The number of esters is 1. The van der Waals surface area contributed by atoms with Crippen LogP contribution in [0.15, 0.2) is 54.6 Å². The molecule has 7 heteroatoms. The van der Waals surface area contributed by atoms with Crippen molar-refractivity contribution in [1.82, 2.24) is 10.9 Å². The zero-order valence-corrected chi connectivity index (χ0v) is 16.3. The number of carbonyl (C=O) groups excluding carboxylic acids is 3. The summed E-state index contributed by atoms with van der Waals surface area (Å²) in [5.74, 6) is -1.69. The third-order valence-electron chi connectivity index (χ3n) is 4.22. The molecule has 0 spiro atoms. The molecule has 2 rings (SSSR count). The molecule has 0 heterocycles. The number of benzene rings is 2. The number of carbonyl (C=O) groups is 3. The summed E-state index contributed by atoms with van der Waals surface area (Å²) in [6.07, 6.45) is -1.06. The third kappa shape index (κ3) is 5.57. The van der Waals surface area contributed by atoms with Gasteiger partial charge in [0, 0.05) is 24.3 Å². The molecule has 148 valence electrons. The number of nitrogens with zero attached hydrogens (tertiary/aromatic N) is 1. The van der Waals surface area contributed by atoms with Crippen LogP contribution in [0, 0.1) is 0 Å². The molecule has 2 aromatic rings. The van der Waals surface area contributed by atoms with Crippen LogP contribution in [0.25, 0.3) is 0 Å². The summed E-state index contributed by atoms with van der Waals surface area (Å²) < 4.78 is 5.17. The highest BCUT2D eigenvalue weighted by molar-refractivity contribution is 5.96. The van der Waals surface area contributed by atoms with Crippen molar-refractivity contribution in [2.75, 3.05) is 18.0 Å². The molecule has 0 aliphatic rings. The second kappa shape index (κ2) is 10.1. The van der Waals surface area contributed by atoms with Crippen LogP contribution in [0.4, 0.5) is 5.69 Å². The van der Waals surface area contributed by atoms with E-state index >= 15 is 0 Å². The first-order chi connectivity index (χ1) is 13.5. The molecule has 0 saturated carbocycles. The molecule has 0 unspecified atom stereocenters. The Morgan fingerprint density at radius 1 is 0.893 bits per heavy atom. The van der Waals surface area contributed by atoms with Crippen molar-refractivity contribution in [3.63, 3.8) is 0 Å². The van der Waals surface area contributed by atoms with Crippen molar-refractivity contribution in [3.05, 3.63) is 65.7 Å². The standard InChI is InChI=1S/C21H25N3O4/c1-4-24(5-2)18-13-11-17(12-14-18)21(27)28-15(3)19(25)22-23-20(26)16-9-7-6-8-10-16/h6-15H,4-5H2,1-3H3,(H,22,25)(H,23,26)/t15-/m1/s1. The summed E-state index contributed by atoms with van der Waals surface area (Å²) in [5, 5.41) is 0. The first kappa shape index (κ1) is 21.0. The summed E-state index contributed by atoms with van der Waals surface area (Å²) in [6, 6.07) is 15.5. The average Bonchev–Trinajstić information content (AvgIpc) is 2.73. The predicted molar refractivity (Wildman–Crippen MR) is 107 cm³/mol. The van der Waals surface area contributed by atoms with E-state index in [0.29, 0.717) is 11.1 Å². The molecule has 1 atom stereocenters. The van der Waals surface area contributed by atoms with Crippen molar-refractivity contribution in [3.8, 4) is 0 Å². The Morgan fingerprint density at radius 2 is 1.50 bits per heavy atom. The molecule has 2 amide bonds. The van der Waals surface area contributed by atoms with E-state index in [-0.39, 0.29) is 0 Å². The summed E-state index contributed by atoms with van der Waals surface area (Å²) in [5.41, 5.74) is 6.31. The first-order valence-electron chi connectivity index (χ1n) is 9.17. The molecular weight excluding hydrogens is 358 g/mol. The number of amides is 2. The van der Waals surface area contributed by atoms with Gasteiger partial charge < -0.3 is 9.64 Å². The van der Waals surface area contributed by atoms with Gasteiger partial charge in [-0.05, 0) is 57.2 Å². The third-order valence-corrected chi connectivity index (χ3v) is 4.22. The fraction of sp³-hybridized carbons (Fsp3) is 0.286. The zero-order chi connectivity index (χ0) is 20.5. The number of ether oxygens (including phenoxy) is 1. The van der Waals surface area contributed by atoms with Crippen molar-refractivity contribution >= 4 is 23.5 Å². The highest BCUT2D eigenvalue weighted by atomic mass is 16.5. The lowest BCUT2D eigenvalue weighted by atomic mass is 10.2. The Labute approximate surface area is 164 Å². The fourth-order valence-electron chi connectivity index (χ4n) is 2.56. The van der Waals surface area contributed by atoms with Gasteiger partial charge in [-0.3, -0.25) is 20.4 Å². The maximum Gasteiger partial charge on any atom is 0.338 e. The van der Waals surface area contributed by atoms with Gasteiger partial charge in [-0.1, -0.05) is 18.2 Å². The maximum atomic E-state index is 12.2. The summed E-state index contributed by atoms with van der Waals surface area (Å²) in [7, 11) is 0. The molecule has 0 fully saturated rings. The molecular formula is C21H25N3O4. The van der Waals surface area contributed by atoms with Crippen molar-refractivity contribution in [2.24, 2.45) is 0 Å². The molecule has 28 heavy (non-hydrogen) atoms. The van der Waals surface area contributed by atoms with Gasteiger partial charge >= 0.3 is 5.97 Å². The van der Waals surface area contributed by atoms with Gasteiger partial charge in [0.2, 0.25) is 0 Å². The largest absolute Gasteiger partial charge is 0.449 e. The quantitative estimate of drug-likeness (QED) is 0.567. The Morgan fingerprint density at radius 3 is 2.07 bits per heavy atom. The number of nitrogens with one attached hydrogen (secondary N) is 2. The van der Waals surface area contributed by atoms with E-state index in [1.165, 1.54) is 6.92 Å². The smallest absolute Gasteiger partial charge is 0.338 e. The minimum Gasteiger partial charge on any atom is -0.449 e. The van der Waals surface area contributed by atoms with Crippen LogP contribution < -0.4 is 15.8 Å². The Bertz CT molecular complexity index is 802. The summed E-state index contributed by atoms with van der Waals surface area (Å²) in [6.45, 7) is 7.29. The topological polar surface area (TPSA) is 87.7 Å². The molecule has 0 saturated heterocycles. The van der Waals surface area contributed by atoms with Crippen LogP contribution in [0.3, 0.4) is 0 Å².